The monoisotopic (exact) mass is 220 g/mol. The van der Waals surface area contributed by atoms with Gasteiger partial charge in [-0.1, -0.05) is 6.92 Å². The molecule has 0 aliphatic carbocycles. The lowest BCUT2D eigenvalue weighted by Crippen LogP contribution is -2.40. The molecule has 1 unspecified atom stereocenters. The molecule has 0 spiro atoms. The average Bonchev–Trinajstić information content (AvgIpc) is 2.03. The van der Waals surface area contributed by atoms with Crippen LogP contribution >= 0.6 is 11.8 Å². The maximum absolute atomic E-state index is 11.1. The number of carboxylic acid groups (broad SMARTS) is 1. The number of carboxylic acids is 1. The molecule has 84 valence electrons. The van der Waals surface area contributed by atoms with Gasteiger partial charge in [0, 0.05) is 13.5 Å². The van der Waals surface area contributed by atoms with Crippen LogP contribution in [0.2, 0.25) is 0 Å². The summed E-state index contributed by atoms with van der Waals surface area (Å²) in [6, 6.07) is 0. The first-order valence-electron chi connectivity index (χ1n) is 4.70. The fraction of sp³-hybridized carbons (Fsp3) is 0.900. The summed E-state index contributed by atoms with van der Waals surface area (Å²) in [6.45, 7) is 7.53. The van der Waals surface area contributed by atoms with Crippen molar-refractivity contribution in [1.29, 1.82) is 0 Å². The van der Waals surface area contributed by atoms with Crippen molar-refractivity contribution in [3.05, 3.63) is 0 Å². The van der Waals surface area contributed by atoms with Crippen LogP contribution in [-0.4, -0.2) is 34.3 Å². The zero-order valence-electron chi connectivity index (χ0n) is 9.59. The lowest BCUT2D eigenvalue weighted by Gasteiger charge is -2.32. The van der Waals surface area contributed by atoms with E-state index in [-0.39, 0.29) is 0 Å². The van der Waals surface area contributed by atoms with Crippen LogP contribution in [-0.2, 0) is 9.53 Å². The summed E-state index contributed by atoms with van der Waals surface area (Å²) in [5, 5.41) is 9.15. The van der Waals surface area contributed by atoms with Crippen LogP contribution in [0.3, 0.4) is 0 Å². The Bertz CT molecular complexity index is 204. The Hall–Kier alpha value is -0.220. The number of hydrogen-bond donors (Lipinski definition) is 1. The van der Waals surface area contributed by atoms with Crippen LogP contribution in [0.1, 0.15) is 34.1 Å². The number of carbonyl (C=O) groups is 1. The third kappa shape index (κ3) is 3.88. The number of methoxy groups -OCH3 is 1. The molecule has 1 N–H and O–H groups in total. The second kappa shape index (κ2) is 5.03. The van der Waals surface area contributed by atoms with E-state index in [1.54, 1.807) is 14.0 Å². The van der Waals surface area contributed by atoms with Crippen molar-refractivity contribution in [1.82, 2.24) is 0 Å². The molecule has 1 atom stereocenters. The number of hydrogen-bond acceptors (Lipinski definition) is 3. The third-order valence-electron chi connectivity index (χ3n) is 2.23. The summed E-state index contributed by atoms with van der Waals surface area (Å²) >= 11 is 1.45. The fourth-order valence-corrected chi connectivity index (χ4v) is 2.60. The summed E-state index contributed by atoms with van der Waals surface area (Å²) in [7, 11) is 1.61. The van der Waals surface area contributed by atoms with Gasteiger partial charge in [0.1, 0.15) is 4.75 Å². The molecule has 0 heterocycles. The van der Waals surface area contributed by atoms with Crippen LogP contribution in [0.5, 0.6) is 0 Å². The van der Waals surface area contributed by atoms with Gasteiger partial charge in [0.2, 0.25) is 0 Å². The number of ether oxygens (including phenoxy) is 1. The molecular weight excluding hydrogens is 200 g/mol. The minimum atomic E-state index is -0.769. The maximum atomic E-state index is 11.1. The molecule has 0 amide bonds. The van der Waals surface area contributed by atoms with E-state index < -0.39 is 16.3 Å². The highest BCUT2D eigenvalue weighted by Gasteiger charge is 2.39. The Morgan fingerprint density at radius 2 is 1.93 bits per heavy atom. The first-order valence-corrected chi connectivity index (χ1v) is 5.68. The molecule has 4 heteroatoms. The Morgan fingerprint density at radius 3 is 2.21 bits per heavy atom. The highest BCUT2D eigenvalue weighted by Crippen LogP contribution is 2.34. The van der Waals surface area contributed by atoms with Gasteiger partial charge < -0.3 is 9.84 Å². The van der Waals surface area contributed by atoms with Gasteiger partial charge >= 0.3 is 5.97 Å². The summed E-state index contributed by atoms with van der Waals surface area (Å²) in [5.74, 6) is 0.0252. The molecule has 0 aromatic heterocycles. The predicted octanol–water partition coefficient (Wildman–Crippen LogP) is 2.40. The third-order valence-corrected chi connectivity index (χ3v) is 3.48. The summed E-state index contributed by atoms with van der Waals surface area (Å²) < 4.78 is 4.50. The van der Waals surface area contributed by atoms with Gasteiger partial charge in [0.15, 0.2) is 0 Å². The Morgan fingerprint density at radius 1 is 1.43 bits per heavy atom. The van der Waals surface area contributed by atoms with Crippen LogP contribution in [0, 0.1) is 0 Å². The summed E-state index contributed by atoms with van der Waals surface area (Å²) in [4.78, 5) is 11.1. The molecule has 0 rings (SSSR count). The second-order valence-electron chi connectivity index (χ2n) is 4.11. The van der Waals surface area contributed by atoms with E-state index >= 15 is 0 Å². The van der Waals surface area contributed by atoms with Crippen molar-refractivity contribution < 1.29 is 14.6 Å². The lowest BCUT2D eigenvalue weighted by atomic mass is 9.94. The van der Waals surface area contributed by atoms with E-state index in [9.17, 15) is 4.79 Å². The van der Waals surface area contributed by atoms with E-state index in [2.05, 4.69) is 0 Å². The number of aliphatic carboxylic acids is 1. The normalized spacial score (nSPS) is 16.4. The molecule has 3 nitrogen and oxygen atoms in total. The van der Waals surface area contributed by atoms with Crippen molar-refractivity contribution in [2.75, 3.05) is 12.9 Å². The zero-order chi connectivity index (χ0) is 11.4. The summed E-state index contributed by atoms with van der Waals surface area (Å²) in [6.07, 6.45) is 0.504. The maximum Gasteiger partial charge on any atom is 0.319 e. The van der Waals surface area contributed by atoms with Crippen molar-refractivity contribution >= 4 is 17.7 Å². The van der Waals surface area contributed by atoms with Gasteiger partial charge in [-0.05, 0) is 26.5 Å². The van der Waals surface area contributed by atoms with Gasteiger partial charge in [0.25, 0.3) is 0 Å². The molecule has 0 saturated heterocycles. The van der Waals surface area contributed by atoms with Crippen LogP contribution in [0.25, 0.3) is 0 Å². The largest absolute Gasteiger partial charge is 0.480 e. The Labute approximate surface area is 90.2 Å². The predicted molar refractivity (Wildman–Crippen MR) is 59.9 cm³/mol. The molecule has 0 saturated carbocycles. The molecule has 0 radical (unpaired) electrons. The van der Waals surface area contributed by atoms with Crippen LogP contribution in [0.4, 0.5) is 0 Å². The van der Waals surface area contributed by atoms with Crippen molar-refractivity contribution in [3.8, 4) is 0 Å². The summed E-state index contributed by atoms with van der Waals surface area (Å²) in [5.41, 5.74) is -0.394. The van der Waals surface area contributed by atoms with Crippen molar-refractivity contribution in [2.45, 2.75) is 44.5 Å². The SMILES string of the molecule is CCSC(C)(CC(C)(C)OC)C(=O)O. The van der Waals surface area contributed by atoms with E-state index in [0.29, 0.717) is 6.42 Å². The quantitative estimate of drug-likeness (QED) is 0.746. The Balaban J connectivity index is 4.60. The smallest absolute Gasteiger partial charge is 0.319 e. The molecule has 0 fully saturated rings. The second-order valence-corrected chi connectivity index (χ2v) is 5.88. The highest BCUT2D eigenvalue weighted by molar-refractivity contribution is 8.01. The van der Waals surface area contributed by atoms with E-state index in [1.807, 2.05) is 20.8 Å². The molecule has 0 bridgehead atoms. The topological polar surface area (TPSA) is 46.5 Å². The average molecular weight is 220 g/mol. The zero-order valence-corrected chi connectivity index (χ0v) is 10.4. The molecule has 0 aliphatic rings. The minimum Gasteiger partial charge on any atom is -0.480 e. The molecular formula is C10H20O3S. The standard InChI is InChI=1S/C10H20O3S/c1-6-14-10(4,8(11)12)7-9(2,3)13-5/h6-7H2,1-5H3,(H,11,12). The van der Waals surface area contributed by atoms with E-state index in [0.717, 1.165) is 5.75 Å². The highest BCUT2D eigenvalue weighted by atomic mass is 32.2. The first kappa shape index (κ1) is 13.8. The van der Waals surface area contributed by atoms with Gasteiger partial charge in [-0.25, -0.2) is 0 Å². The number of rotatable bonds is 6. The molecule has 0 aromatic carbocycles. The van der Waals surface area contributed by atoms with Crippen LogP contribution in [0.15, 0.2) is 0 Å². The lowest BCUT2D eigenvalue weighted by molar-refractivity contribution is -0.141. The molecule has 14 heavy (non-hydrogen) atoms. The van der Waals surface area contributed by atoms with Crippen LogP contribution < -0.4 is 0 Å². The van der Waals surface area contributed by atoms with Crippen molar-refractivity contribution in [3.63, 3.8) is 0 Å². The molecule has 0 aliphatic heterocycles. The Kier molecular flexibility index (Phi) is 4.95. The van der Waals surface area contributed by atoms with Gasteiger partial charge in [0.05, 0.1) is 5.60 Å². The van der Waals surface area contributed by atoms with Gasteiger partial charge in [-0.15, -0.1) is 11.8 Å². The van der Waals surface area contributed by atoms with Crippen molar-refractivity contribution in [2.24, 2.45) is 0 Å². The number of thioether (sulfide) groups is 1. The van der Waals surface area contributed by atoms with E-state index in [4.69, 9.17) is 9.84 Å². The van der Waals surface area contributed by atoms with Gasteiger partial charge in [-0.3, -0.25) is 4.79 Å². The first-order chi connectivity index (χ1) is 6.27. The minimum absolute atomic E-state index is 0.394. The molecule has 0 aromatic rings. The van der Waals surface area contributed by atoms with Gasteiger partial charge in [-0.2, -0.15) is 0 Å². The fourth-order valence-electron chi connectivity index (χ4n) is 1.39. The van der Waals surface area contributed by atoms with E-state index in [1.165, 1.54) is 11.8 Å².